The molecule has 0 rings (SSSR count). The van der Waals surface area contributed by atoms with Crippen molar-refractivity contribution in [1.82, 2.24) is 0 Å². The maximum Gasteiger partial charge on any atom is 0.321 e. The monoisotopic (exact) mass is 224 g/mol. The minimum atomic E-state index is -3.33. The van der Waals surface area contributed by atoms with Crippen molar-refractivity contribution in [2.24, 2.45) is 0 Å². The molecule has 0 saturated heterocycles. The van der Waals surface area contributed by atoms with Gasteiger partial charge in [-0.05, 0) is 13.3 Å². The second-order valence-electron chi connectivity index (χ2n) is 2.74. The second-order valence-corrected chi connectivity index (χ2v) is 4.93. The van der Waals surface area contributed by atoms with Crippen LogP contribution in [0.5, 0.6) is 0 Å². The van der Waals surface area contributed by atoms with Crippen LogP contribution in [-0.2, 0) is 24.1 Å². The standard InChI is InChI=1S/C8H16O5S/c1-3-13-8(9)7-14(10,11)6-4-5-12-2/h3-7H2,1-2H3. The number of ether oxygens (including phenoxy) is 2. The van der Waals surface area contributed by atoms with Crippen molar-refractivity contribution in [3.63, 3.8) is 0 Å². The Morgan fingerprint density at radius 3 is 2.50 bits per heavy atom. The average molecular weight is 224 g/mol. The van der Waals surface area contributed by atoms with Gasteiger partial charge in [-0.1, -0.05) is 0 Å². The number of carbonyl (C=O) groups is 1. The molecule has 5 nitrogen and oxygen atoms in total. The fraction of sp³-hybridized carbons (Fsp3) is 0.875. The molecule has 0 radical (unpaired) electrons. The molecule has 0 fully saturated rings. The van der Waals surface area contributed by atoms with Crippen molar-refractivity contribution in [2.75, 3.05) is 31.8 Å². The maximum absolute atomic E-state index is 11.2. The van der Waals surface area contributed by atoms with Crippen LogP contribution in [0.3, 0.4) is 0 Å². The molecule has 0 spiro atoms. The summed E-state index contributed by atoms with van der Waals surface area (Å²) in [6.07, 6.45) is 0.401. The summed E-state index contributed by atoms with van der Waals surface area (Å²) in [5, 5.41) is 0. The molecule has 0 aliphatic rings. The van der Waals surface area contributed by atoms with Crippen molar-refractivity contribution >= 4 is 15.8 Å². The molecule has 14 heavy (non-hydrogen) atoms. The third kappa shape index (κ3) is 6.85. The van der Waals surface area contributed by atoms with Crippen molar-refractivity contribution in [1.29, 1.82) is 0 Å². The first kappa shape index (κ1) is 13.4. The van der Waals surface area contributed by atoms with Gasteiger partial charge in [0.15, 0.2) is 9.84 Å². The lowest BCUT2D eigenvalue weighted by molar-refractivity contribution is -0.139. The fourth-order valence-corrected chi connectivity index (χ4v) is 2.02. The SMILES string of the molecule is CCOC(=O)CS(=O)(=O)CCCOC. The zero-order valence-electron chi connectivity index (χ0n) is 8.49. The van der Waals surface area contributed by atoms with Gasteiger partial charge < -0.3 is 9.47 Å². The van der Waals surface area contributed by atoms with Gasteiger partial charge >= 0.3 is 5.97 Å². The highest BCUT2D eigenvalue weighted by Gasteiger charge is 2.16. The summed E-state index contributed by atoms with van der Waals surface area (Å²) in [6.45, 7) is 2.21. The molecule has 0 heterocycles. The topological polar surface area (TPSA) is 69.7 Å². The van der Waals surface area contributed by atoms with E-state index < -0.39 is 21.6 Å². The van der Waals surface area contributed by atoms with Gasteiger partial charge in [-0.3, -0.25) is 4.79 Å². The number of rotatable bonds is 7. The Kier molecular flexibility index (Phi) is 6.48. The first-order valence-electron chi connectivity index (χ1n) is 4.37. The molecule has 84 valence electrons. The smallest absolute Gasteiger partial charge is 0.321 e. The van der Waals surface area contributed by atoms with Gasteiger partial charge in [0.1, 0.15) is 5.75 Å². The lowest BCUT2D eigenvalue weighted by atomic mass is 10.5. The van der Waals surface area contributed by atoms with Gasteiger partial charge in [-0.2, -0.15) is 0 Å². The maximum atomic E-state index is 11.2. The average Bonchev–Trinajstić information content (AvgIpc) is 2.03. The Balaban J connectivity index is 3.89. The van der Waals surface area contributed by atoms with E-state index in [1.165, 1.54) is 7.11 Å². The van der Waals surface area contributed by atoms with E-state index in [0.717, 1.165) is 0 Å². The largest absolute Gasteiger partial charge is 0.465 e. The van der Waals surface area contributed by atoms with Crippen molar-refractivity contribution in [2.45, 2.75) is 13.3 Å². The highest BCUT2D eigenvalue weighted by molar-refractivity contribution is 7.92. The molecular formula is C8H16O5S. The van der Waals surface area contributed by atoms with E-state index in [2.05, 4.69) is 4.74 Å². The summed E-state index contributed by atoms with van der Waals surface area (Å²) in [5.74, 6) is -1.27. The molecule has 6 heteroatoms. The van der Waals surface area contributed by atoms with Crippen LogP contribution in [0.15, 0.2) is 0 Å². The van der Waals surface area contributed by atoms with Crippen LogP contribution in [0.25, 0.3) is 0 Å². The minimum Gasteiger partial charge on any atom is -0.465 e. The summed E-state index contributed by atoms with van der Waals surface area (Å²) in [7, 11) is -1.83. The normalized spacial score (nSPS) is 11.3. The first-order valence-corrected chi connectivity index (χ1v) is 6.19. The first-order chi connectivity index (χ1) is 6.52. The van der Waals surface area contributed by atoms with Crippen molar-refractivity contribution < 1.29 is 22.7 Å². The summed E-state index contributed by atoms with van der Waals surface area (Å²) in [6, 6.07) is 0. The zero-order valence-corrected chi connectivity index (χ0v) is 9.30. The quantitative estimate of drug-likeness (QED) is 0.450. The molecule has 0 atom stereocenters. The van der Waals surface area contributed by atoms with Crippen LogP contribution in [0.4, 0.5) is 0 Å². The van der Waals surface area contributed by atoms with Crippen LogP contribution in [0.2, 0.25) is 0 Å². The molecule has 0 unspecified atom stereocenters. The molecule has 0 aromatic carbocycles. The van der Waals surface area contributed by atoms with Crippen molar-refractivity contribution in [3.8, 4) is 0 Å². The second kappa shape index (κ2) is 6.78. The predicted molar refractivity (Wildman–Crippen MR) is 51.8 cm³/mol. The van der Waals surface area contributed by atoms with Crippen LogP contribution in [-0.4, -0.2) is 46.2 Å². The summed E-state index contributed by atoms with van der Waals surface area (Å²) >= 11 is 0. The number of methoxy groups -OCH3 is 1. The van der Waals surface area contributed by atoms with E-state index in [1.54, 1.807) is 6.92 Å². The van der Waals surface area contributed by atoms with Gasteiger partial charge in [0, 0.05) is 13.7 Å². The molecular weight excluding hydrogens is 208 g/mol. The zero-order chi connectivity index (χ0) is 11.0. The molecule has 0 bridgehead atoms. The van der Waals surface area contributed by atoms with Gasteiger partial charge in [-0.25, -0.2) is 8.42 Å². The van der Waals surface area contributed by atoms with E-state index >= 15 is 0 Å². The van der Waals surface area contributed by atoms with Gasteiger partial charge in [-0.15, -0.1) is 0 Å². The van der Waals surface area contributed by atoms with E-state index in [0.29, 0.717) is 13.0 Å². The van der Waals surface area contributed by atoms with Gasteiger partial charge in [0.05, 0.1) is 12.4 Å². The third-order valence-corrected chi connectivity index (χ3v) is 3.03. The lowest BCUT2D eigenvalue weighted by Gasteiger charge is -2.03. The van der Waals surface area contributed by atoms with Crippen LogP contribution in [0.1, 0.15) is 13.3 Å². The summed E-state index contributed by atoms with van der Waals surface area (Å²) in [4.78, 5) is 10.9. The number of sulfone groups is 1. The summed E-state index contributed by atoms with van der Waals surface area (Å²) < 4.78 is 31.7. The Bertz CT molecular complexity index is 257. The molecule has 0 aromatic heterocycles. The number of esters is 1. The van der Waals surface area contributed by atoms with E-state index in [-0.39, 0.29) is 12.4 Å². The van der Waals surface area contributed by atoms with E-state index in [1.807, 2.05) is 0 Å². The molecule has 0 saturated carbocycles. The molecule has 0 aliphatic heterocycles. The number of carbonyl (C=O) groups excluding carboxylic acids is 1. The van der Waals surface area contributed by atoms with Crippen molar-refractivity contribution in [3.05, 3.63) is 0 Å². The Morgan fingerprint density at radius 2 is 2.00 bits per heavy atom. The van der Waals surface area contributed by atoms with E-state index in [4.69, 9.17) is 4.74 Å². The van der Waals surface area contributed by atoms with Crippen LogP contribution >= 0.6 is 0 Å². The highest BCUT2D eigenvalue weighted by atomic mass is 32.2. The predicted octanol–water partition coefficient (Wildman–Crippen LogP) is 0.000800. The molecule has 0 N–H and O–H groups in total. The van der Waals surface area contributed by atoms with Gasteiger partial charge in [0.25, 0.3) is 0 Å². The van der Waals surface area contributed by atoms with Gasteiger partial charge in [0.2, 0.25) is 0 Å². The number of hydrogen-bond donors (Lipinski definition) is 0. The third-order valence-electron chi connectivity index (χ3n) is 1.45. The minimum absolute atomic E-state index is 0.0420. The Labute approximate surface area is 84.3 Å². The Hall–Kier alpha value is -0.620. The Morgan fingerprint density at radius 1 is 1.36 bits per heavy atom. The summed E-state index contributed by atoms with van der Waals surface area (Å²) in [5.41, 5.74) is 0. The van der Waals surface area contributed by atoms with Crippen LogP contribution < -0.4 is 0 Å². The lowest BCUT2D eigenvalue weighted by Crippen LogP contribution is -2.21. The fourth-order valence-electron chi connectivity index (χ4n) is 0.878. The molecule has 0 aromatic rings. The van der Waals surface area contributed by atoms with Crippen LogP contribution in [0, 0.1) is 0 Å². The molecule has 0 aliphatic carbocycles. The molecule has 0 amide bonds. The number of hydrogen-bond acceptors (Lipinski definition) is 5. The highest BCUT2D eigenvalue weighted by Crippen LogP contribution is 1.96. The van der Waals surface area contributed by atoms with E-state index in [9.17, 15) is 13.2 Å².